The molecule has 4 N–H and O–H groups in total. The second-order valence-corrected chi connectivity index (χ2v) is 6.15. The molecule has 1 spiro atoms. The van der Waals surface area contributed by atoms with Gasteiger partial charge in [0.1, 0.15) is 5.75 Å². The molecule has 2 fully saturated rings. The van der Waals surface area contributed by atoms with E-state index in [0.717, 1.165) is 25.3 Å². The Hall–Kier alpha value is -2.34. The van der Waals surface area contributed by atoms with Crippen molar-refractivity contribution in [2.24, 2.45) is 0 Å². The number of phenols is 1. The van der Waals surface area contributed by atoms with Crippen molar-refractivity contribution >= 4 is 11.5 Å². The number of aromatic nitrogens is 2. The van der Waals surface area contributed by atoms with E-state index < -0.39 is 0 Å². The Morgan fingerprint density at radius 3 is 2.82 bits per heavy atom. The zero-order chi connectivity index (χ0) is 15.2. The molecule has 114 valence electrons. The maximum atomic E-state index is 10.0. The molecule has 0 bridgehead atoms. The Labute approximate surface area is 129 Å². The average molecular weight is 297 g/mol. The van der Waals surface area contributed by atoms with Gasteiger partial charge in [-0.25, -0.2) is 0 Å². The molecule has 0 unspecified atom stereocenters. The van der Waals surface area contributed by atoms with E-state index >= 15 is 0 Å². The number of nitrogens with zero attached hydrogens (tertiary/aromatic N) is 3. The largest absolute Gasteiger partial charge is 0.507 e. The minimum absolute atomic E-state index is 0.200. The van der Waals surface area contributed by atoms with E-state index in [0.29, 0.717) is 17.1 Å². The van der Waals surface area contributed by atoms with E-state index in [2.05, 4.69) is 20.4 Å². The topological polar surface area (TPSA) is 87.3 Å². The summed E-state index contributed by atoms with van der Waals surface area (Å²) in [6, 6.07) is 9.07. The summed E-state index contributed by atoms with van der Waals surface area (Å²) in [5.41, 5.74) is 8.54. The van der Waals surface area contributed by atoms with Gasteiger partial charge in [0, 0.05) is 30.7 Å². The van der Waals surface area contributed by atoms with Crippen LogP contribution >= 0.6 is 0 Å². The van der Waals surface area contributed by atoms with E-state index in [4.69, 9.17) is 5.73 Å². The molecule has 1 aromatic carbocycles. The molecule has 22 heavy (non-hydrogen) atoms. The number of anilines is 2. The molecule has 6 nitrogen and oxygen atoms in total. The lowest BCUT2D eigenvalue weighted by molar-refractivity contribution is 0.442. The zero-order valence-corrected chi connectivity index (χ0v) is 12.3. The zero-order valence-electron chi connectivity index (χ0n) is 12.3. The molecule has 2 heterocycles. The van der Waals surface area contributed by atoms with Gasteiger partial charge in [0.15, 0.2) is 5.82 Å². The average Bonchev–Trinajstić information content (AvgIpc) is 3.27. The van der Waals surface area contributed by atoms with Crippen LogP contribution in [0.25, 0.3) is 11.3 Å². The fourth-order valence-electron chi connectivity index (χ4n) is 3.11. The molecule has 4 rings (SSSR count). The first kappa shape index (κ1) is 13.3. The van der Waals surface area contributed by atoms with Crippen LogP contribution in [-0.2, 0) is 0 Å². The van der Waals surface area contributed by atoms with Crippen molar-refractivity contribution < 1.29 is 5.11 Å². The highest BCUT2D eigenvalue weighted by Gasteiger charge is 2.45. The van der Waals surface area contributed by atoms with Gasteiger partial charge in [-0.05, 0) is 31.0 Å². The minimum Gasteiger partial charge on any atom is -0.507 e. The van der Waals surface area contributed by atoms with Crippen LogP contribution in [0.1, 0.15) is 12.8 Å². The summed E-state index contributed by atoms with van der Waals surface area (Å²) in [5, 5.41) is 21.8. The number of benzene rings is 1. The lowest BCUT2D eigenvalue weighted by Crippen LogP contribution is -2.52. The standard InChI is InChI=1S/C16H19N5O/c17-15-13(21-8-7-18-16(10-21)5-6-16)9-12(19-20-15)11-3-1-2-4-14(11)22/h1-4,9,18,22H,5-8,10H2,(H2,17,20). The van der Waals surface area contributed by atoms with E-state index in [9.17, 15) is 5.11 Å². The third-order valence-electron chi connectivity index (χ3n) is 4.55. The first-order valence-corrected chi connectivity index (χ1v) is 7.58. The lowest BCUT2D eigenvalue weighted by atomic mass is 10.1. The van der Waals surface area contributed by atoms with Crippen molar-refractivity contribution in [1.82, 2.24) is 15.5 Å². The number of nitrogens with two attached hydrogens (primary N) is 1. The van der Waals surface area contributed by atoms with Crippen molar-refractivity contribution in [2.45, 2.75) is 18.4 Å². The van der Waals surface area contributed by atoms with Gasteiger partial charge >= 0.3 is 0 Å². The molecule has 1 aliphatic carbocycles. The van der Waals surface area contributed by atoms with Crippen LogP contribution in [0.4, 0.5) is 11.5 Å². The number of nitrogen functional groups attached to an aromatic ring is 1. The first-order chi connectivity index (χ1) is 10.7. The maximum Gasteiger partial charge on any atom is 0.169 e. The number of rotatable bonds is 2. The highest BCUT2D eigenvalue weighted by atomic mass is 16.3. The second kappa shape index (κ2) is 4.84. The summed E-state index contributed by atoms with van der Waals surface area (Å²) < 4.78 is 0. The van der Waals surface area contributed by atoms with Crippen molar-refractivity contribution in [3.63, 3.8) is 0 Å². The van der Waals surface area contributed by atoms with Gasteiger partial charge < -0.3 is 21.1 Å². The number of para-hydroxylation sites is 1. The number of hydrogen-bond donors (Lipinski definition) is 3. The molecule has 2 aliphatic rings. The summed E-state index contributed by atoms with van der Waals surface area (Å²) in [5.74, 6) is 0.642. The molecule has 1 aliphatic heterocycles. The second-order valence-electron chi connectivity index (χ2n) is 6.15. The minimum atomic E-state index is 0.200. The SMILES string of the molecule is Nc1nnc(-c2ccccc2O)cc1N1CCNC2(CC2)C1. The molecular formula is C16H19N5O. The summed E-state index contributed by atoms with van der Waals surface area (Å²) in [4.78, 5) is 2.27. The van der Waals surface area contributed by atoms with Gasteiger partial charge in [0.25, 0.3) is 0 Å². The molecule has 2 aromatic rings. The van der Waals surface area contributed by atoms with Crippen LogP contribution in [0.3, 0.4) is 0 Å². The molecule has 1 aromatic heterocycles. The van der Waals surface area contributed by atoms with Crippen LogP contribution in [0.5, 0.6) is 5.75 Å². The lowest BCUT2D eigenvalue weighted by Gasteiger charge is -2.36. The third kappa shape index (κ3) is 2.25. The fourth-order valence-corrected chi connectivity index (χ4v) is 3.11. The summed E-state index contributed by atoms with van der Waals surface area (Å²) >= 11 is 0. The number of nitrogens with one attached hydrogen (secondary N) is 1. The quantitative estimate of drug-likeness (QED) is 0.776. The fraction of sp³-hybridized carbons (Fsp3) is 0.375. The Morgan fingerprint density at radius 2 is 2.05 bits per heavy atom. The number of piperazine rings is 1. The van der Waals surface area contributed by atoms with Crippen molar-refractivity contribution in [2.75, 3.05) is 30.3 Å². The van der Waals surface area contributed by atoms with Gasteiger partial charge in [-0.1, -0.05) is 12.1 Å². The normalized spacial score (nSPS) is 19.4. The number of aromatic hydroxyl groups is 1. The van der Waals surface area contributed by atoms with Crippen LogP contribution in [-0.4, -0.2) is 40.5 Å². The highest BCUT2D eigenvalue weighted by Crippen LogP contribution is 2.40. The Kier molecular flexibility index (Phi) is 2.94. The first-order valence-electron chi connectivity index (χ1n) is 7.58. The summed E-state index contributed by atoms with van der Waals surface area (Å²) in [6.45, 7) is 2.80. The Morgan fingerprint density at radius 1 is 1.23 bits per heavy atom. The van der Waals surface area contributed by atoms with Gasteiger partial charge in [0.2, 0.25) is 0 Å². The maximum absolute atomic E-state index is 10.0. The molecule has 0 radical (unpaired) electrons. The molecular weight excluding hydrogens is 278 g/mol. The van der Waals surface area contributed by atoms with E-state index in [1.807, 2.05) is 18.2 Å². The summed E-state index contributed by atoms with van der Waals surface area (Å²) in [6.07, 6.45) is 2.43. The van der Waals surface area contributed by atoms with Crippen LogP contribution < -0.4 is 16.0 Å². The molecule has 0 atom stereocenters. The Bertz CT molecular complexity index is 713. The number of hydrogen-bond acceptors (Lipinski definition) is 6. The predicted molar refractivity (Wildman–Crippen MR) is 85.7 cm³/mol. The van der Waals surface area contributed by atoms with Gasteiger partial charge in [-0.15, -0.1) is 10.2 Å². The van der Waals surface area contributed by atoms with Gasteiger partial charge in [-0.2, -0.15) is 0 Å². The monoisotopic (exact) mass is 297 g/mol. The summed E-state index contributed by atoms with van der Waals surface area (Å²) in [7, 11) is 0. The predicted octanol–water partition coefficient (Wildman–Crippen LogP) is 1.37. The van der Waals surface area contributed by atoms with Crippen molar-refractivity contribution in [3.05, 3.63) is 30.3 Å². The van der Waals surface area contributed by atoms with E-state index in [1.165, 1.54) is 12.8 Å². The number of phenolic OH excluding ortho intramolecular Hbond substituents is 1. The molecule has 0 amide bonds. The van der Waals surface area contributed by atoms with Crippen LogP contribution in [0, 0.1) is 0 Å². The van der Waals surface area contributed by atoms with Crippen molar-refractivity contribution in [3.8, 4) is 17.0 Å². The Balaban J connectivity index is 1.71. The van der Waals surface area contributed by atoms with Crippen LogP contribution in [0.2, 0.25) is 0 Å². The smallest absolute Gasteiger partial charge is 0.169 e. The highest BCUT2D eigenvalue weighted by molar-refractivity contribution is 5.74. The third-order valence-corrected chi connectivity index (χ3v) is 4.55. The van der Waals surface area contributed by atoms with E-state index in [1.54, 1.807) is 12.1 Å². The molecule has 6 heteroatoms. The van der Waals surface area contributed by atoms with Crippen molar-refractivity contribution in [1.29, 1.82) is 0 Å². The van der Waals surface area contributed by atoms with Crippen LogP contribution in [0.15, 0.2) is 30.3 Å². The molecule has 1 saturated heterocycles. The van der Waals surface area contributed by atoms with Gasteiger partial charge in [-0.3, -0.25) is 0 Å². The molecule has 1 saturated carbocycles. The van der Waals surface area contributed by atoms with Gasteiger partial charge in [0.05, 0.1) is 11.4 Å². The van der Waals surface area contributed by atoms with E-state index in [-0.39, 0.29) is 11.3 Å².